The molecule has 0 spiro atoms. The second-order valence-corrected chi connectivity index (χ2v) is 5.59. The van der Waals surface area contributed by atoms with Gasteiger partial charge in [0, 0.05) is 0 Å². The molecule has 3 rings (SSSR count). The average Bonchev–Trinajstić information content (AvgIpc) is 3.08. The van der Waals surface area contributed by atoms with Gasteiger partial charge < -0.3 is 0 Å². The minimum absolute atomic E-state index is 0.0814. The SMILES string of the molecule is CC(=O)c1ccc(-c2cn(Cc3ccccc3)nn2)s1. The Hall–Kier alpha value is -2.27. The van der Waals surface area contributed by atoms with Crippen molar-refractivity contribution >= 4 is 17.1 Å². The molecule has 0 bridgehead atoms. The smallest absolute Gasteiger partial charge is 0.169 e. The van der Waals surface area contributed by atoms with Crippen molar-refractivity contribution in [3.05, 3.63) is 59.1 Å². The van der Waals surface area contributed by atoms with E-state index < -0.39 is 0 Å². The number of Topliss-reactive ketones (excluding diaryl/α,β-unsaturated/α-hetero) is 1. The Kier molecular flexibility index (Phi) is 3.43. The molecule has 0 atom stereocenters. The van der Waals surface area contributed by atoms with Gasteiger partial charge in [0.1, 0.15) is 5.69 Å². The maximum Gasteiger partial charge on any atom is 0.169 e. The number of benzene rings is 1. The molecule has 2 aromatic heterocycles. The lowest BCUT2D eigenvalue weighted by molar-refractivity contribution is 0.102. The number of carbonyl (C=O) groups is 1. The number of rotatable bonds is 4. The highest BCUT2D eigenvalue weighted by molar-refractivity contribution is 7.17. The van der Waals surface area contributed by atoms with E-state index in [0.717, 1.165) is 15.4 Å². The molecular formula is C15H13N3OS. The Labute approximate surface area is 120 Å². The van der Waals surface area contributed by atoms with E-state index in [1.165, 1.54) is 16.9 Å². The number of hydrogen-bond donors (Lipinski definition) is 0. The fraction of sp³-hybridized carbons (Fsp3) is 0.133. The predicted octanol–water partition coefficient (Wildman–Crippen LogP) is 3.26. The van der Waals surface area contributed by atoms with Crippen LogP contribution >= 0.6 is 11.3 Å². The topological polar surface area (TPSA) is 47.8 Å². The van der Waals surface area contributed by atoms with Crippen molar-refractivity contribution in [3.8, 4) is 10.6 Å². The van der Waals surface area contributed by atoms with Crippen LogP contribution in [0.25, 0.3) is 10.6 Å². The summed E-state index contributed by atoms with van der Waals surface area (Å²) >= 11 is 1.45. The molecule has 0 aliphatic rings. The van der Waals surface area contributed by atoms with Gasteiger partial charge in [0.25, 0.3) is 0 Å². The molecule has 4 nitrogen and oxygen atoms in total. The zero-order chi connectivity index (χ0) is 13.9. The van der Waals surface area contributed by atoms with Crippen LogP contribution in [0.1, 0.15) is 22.2 Å². The monoisotopic (exact) mass is 283 g/mol. The van der Waals surface area contributed by atoms with E-state index in [-0.39, 0.29) is 5.78 Å². The van der Waals surface area contributed by atoms with Crippen molar-refractivity contribution < 1.29 is 4.79 Å². The molecule has 1 aromatic carbocycles. The quantitative estimate of drug-likeness (QED) is 0.690. The van der Waals surface area contributed by atoms with Crippen LogP contribution in [0.4, 0.5) is 0 Å². The first-order valence-corrected chi connectivity index (χ1v) is 7.09. The fourth-order valence-electron chi connectivity index (χ4n) is 1.92. The molecule has 0 saturated heterocycles. The standard InChI is InChI=1S/C15H13N3OS/c1-11(19)14-7-8-15(20-14)13-10-18(17-16-13)9-12-5-3-2-4-6-12/h2-8,10H,9H2,1H3. The van der Waals surface area contributed by atoms with Crippen molar-refractivity contribution in [2.45, 2.75) is 13.5 Å². The van der Waals surface area contributed by atoms with Gasteiger partial charge in [-0.05, 0) is 24.6 Å². The van der Waals surface area contributed by atoms with E-state index in [0.29, 0.717) is 6.54 Å². The number of thiophene rings is 1. The highest BCUT2D eigenvalue weighted by Crippen LogP contribution is 2.26. The van der Waals surface area contributed by atoms with Gasteiger partial charge in [-0.1, -0.05) is 35.5 Å². The third-order valence-electron chi connectivity index (χ3n) is 2.93. The van der Waals surface area contributed by atoms with E-state index in [1.807, 2.05) is 36.5 Å². The lowest BCUT2D eigenvalue weighted by atomic mass is 10.2. The molecule has 0 aliphatic heterocycles. The number of hydrogen-bond acceptors (Lipinski definition) is 4. The van der Waals surface area contributed by atoms with Crippen LogP contribution in [0.5, 0.6) is 0 Å². The summed E-state index contributed by atoms with van der Waals surface area (Å²) in [7, 11) is 0. The van der Waals surface area contributed by atoms with Crippen LogP contribution in [0.15, 0.2) is 48.7 Å². The van der Waals surface area contributed by atoms with Gasteiger partial charge in [0.05, 0.1) is 22.5 Å². The van der Waals surface area contributed by atoms with Crippen LogP contribution in [-0.4, -0.2) is 20.8 Å². The van der Waals surface area contributed by atoms with Crippen molar-refractivity contribution in [1.82, 2.24) is 15.0 Å². The summed E-state index contributed by atoms with van der Waals surface area (Å²) in [6.07, 6.45) is 1.91. The molecule has 0 fully saturated rings. The summed E-state index contributed by atoms with van der Waals surface area (Å²) in [5.74, 6) is 0.0814. The lowest BCUT2D eigenvalue weighted by Gasteiger charge is -1.99. The van der Waals surface area contributed by atoms with Crippen LogP contribution in [0, 0.1) is 0 Å². The van der Waals surface area contributed by atoms with Gasteiger partial charge in [0.2, 0.25) is 0 Å². The number of aromatic nitrogens is 3. The Bertz CT molecular complexity index is 730. The van der Waals surface area contributed by atoms with Gasteiger partial charge in [0.15, 0.2) is 5.78 Å². The largest absolute Gasteiger partial charge is 0.294 e. The molecule has 3 aromatic rings. The van der Waals surface area contributed by atoms with Crippen LogP contribution in [0.3, 0.4) is 0 Å². The molecule has 20 heavy (non-hydrogen) atoms. The number of nitrogens with zero attached hydrogens (tertiary/aromatic N) is 3. The van der Waals surface area contributed by atoms with Crippen molar-refractivity contribution in [2.75, 3.05) is 0 Å². The van der Waals surface area contributed by atoms with Gasteiger partial charge in [-0.2, -0.15) is 0 Å². The molecular weight excluding hydrogens is 270 g/mol. The first-order valence-electron chi connectivity index (χ1n) is 6.27. The van der Waals surface area contributed by atoms with Gasteiger partial charge in [-0.15, -0.1) is 16.4 Å². The molecule has 0 unspecified atom stereocenters. The van der Waals surface area contributed by atoms with Gasteiger partial charge in [-0.25, -0.2) is 4.68 Å². The van der Waals surface area contributed by atoms with Crippen molar-refractivity contribution in [3.63, 3.8) is 0 Å². The van der Waals surface area contributed by atoms with Gasteiger partial charge >= 0.3 is 0 Å². The lowest BCUT2D eigenvalue weighted by Crippen LogP contribution is -1.99. The Morgan fingerprint density at radius 3 is 2.70 bits per heavy atom. The summed E-state index contributed by atoms with van der Waals surface area (Å²) in [5, 5.41) is 8.30. The zero-order valence-corrected chi connectivity index (χ0v) is 11.8. The van der Waals surface area contributed by atoms with E-state index in [1.54, 1.807) is 11.6 Å². The van der Waals surface area contributed by atoms with Crippen molar-refractivity contribution in [1.29, 1.82) is 0 Å². The highest BCUT2D eigenvalue weighted by Gasteiger charge is 2.09. The van der Waals surface area contributed by atoms with E-state index >= 15 is 0 Å². The molecule has 0 radical (unpaired) electrons. The summed E-state index contributed by atoms with van der Waals surface area (Å²) in [4.78, 5) is 13.0. The summed E-state index contributed by atoms with van der Waals surface area (Å²) in [6.45, 7) is 2.26. The van der Waals surface area contributed by atoms with E-state index in [2.05, 4.69) is 22.4 Å². The van der Waals surface area contributed by atoms with Crippen LogP contribution in [-0.2, 0) is 6.54 Å². The molecule has 0 amide bonds. The Balaban J connectivity index is 1.81. The molecule has 0 N–H and O–H groups in total. The Morgan fingerprint density at radius 2 is 2.00 bits per heavy atom. The van der Waals surface area contributed by atoms with E-state index in [9.17, 15) is 4.79 Å². The summed E-state index contributed by atoms with van der Waals surface area (Å²) in [5.41, 5.74) is 1.98. The normalized spacial score (nSPS) is 10.7. The maximum atomic E-state index is 11.3. The maximum absolute atomic E-state index is 11.3. The fourth-order valence-corrected chi connectivity index (χ4v) is 2.77. The van der Waals surface area contributed by atoms with E-state index in [4.69, 9.17) is 0 Å². The Morgan fingerprint density at radius 1 is 1.20 bits per heavy atom. The average molecular weight is 283 g/mol. The minimum Gasteiger partial charge on any atom is -0.294 e. The second kappa shape index (κ2) is 5.38. The first kappa shape index (κ1) is 12.7. The molecule has 0 aliphatic carbocycles. The third kappa shape index (κ3) is 2.67. The molecule has 5 heteroatoms. The van der Waals surface area contributed by atoms with Crippen molar-refractivity contribution in [2.24, 2.45) is 0 Å². The first-order chi connectivity index (χ1) is 9.72. The minimum atomic E-state index is 0.0814. The molecule has 0 saturated carbocycles. The van der Waals surface area contributed by atoms with Crippen LogP contribution < -0.4 is 0 Å². The number of carbonyl (C=O) groups excluding carboxylic acids is 1. The summed E-state index contributed by atoms with van der Waals surface area (Å²) < 4.78 is 1.80. The molecule has 100 valence electrons. The van der Waals surface area contributed by atoms with Crippen LogP contribution in [0.2, 0.25) is 0 Å². The predicted molar refractivity (Wildman–Crippen MR) is 78.9 cm³/mol. The second-order valence-electron chi connectivity index (χ2n) is 4.51. The van der Waals surface area contributed by atoms with Gasteiger partial charge in [-0.3, -0.25) is 4.79 Å². The zero-order valence-electron chi connectivity index (χ0n) is 11.0. The number of ketones is 1. The highest BCUT2D eigenvalue weighted by atomic mass is 32.1. The summed E-state index contributed by atoms with van der Waals surface area (Å²) in [6, 6.07) is 13.9. The third-order valence-corrected chi connectivity index (χ3v) is 4.14. The molecule has 2 heterocycles.